The van der Waals surface area contributed by atoms with Crippen molar-refractivity contribution in [3.63, 3.8) is 0 Å². The van der Waals surface area contributed by atoms with Crippen LogP contribution in [0.1, 0.15) is 96.8 Å². The van der Waals surface area contributed by atoms with E-state index in [2.05, 4.69) is 6.92 Å². The lowest BCUT2D eigenvalue weighted by atomic mass is 9.49. The van der Waals surface area contributed by atoms with E-state index < -0.39 is 0 Å². The van der Waals surface area contributed by atoms with E-state index in [1.807, 2.05) is 6.08 Å². The molecular weight excluding hydrogens is 396 g/mol. The minimum atomic E-state index is -0.125. The molecule has 0 saturated heterocycles. The monoisotopic (exact) mass is 436 g/mol. The largest absolute Gasteiger partial charge is 0.461 e. The molecule has 0 heterocycles. The van der Waals surface area contributed by atoms with Gasteiger partial charge in [-0.15, -0.1) is 0 Å². The predicted octanol–water partition coefficient (Wildman–Crippen LogP) is 6.26. The Morgan fingerprint density at radius 3 is 2.34 bits per heavy atom. The maximum atomic E-state index is 13.7. The van der Waals surface area contributed by atoms with Crippen LogP contribution in [0.25, 0.3) is 0 Å². The molecule has 3 nitrogen and oxygen atoms in total. The zero-order valence-electron chi connectivity index (χ0n) is 19.8. The molecule has 0 aromatic carbocycles. The Hall–Kier alpha value is -1.12. The number of allylic oxidation sites excluding steroid dienone is 1. The summed E-state index contributed by atoms with van der Waals surface area (Å²) in [5, 5.41) is 0. The predicted molar refractivity (Wildman–Crippen MR) is 123 cm³/mol. The van der Waals surface area contributed by atoms with Crippen LogP contribution in [0, 0.1) is 52.3 Å². The molecule has 3 heteroatoms. The molecule has 0 N–H and O–H groups in total. The molecular formula is C29H40O3. The molecule has 4 bridgehead atoms. The number of carbonyl (C=O) groups is 2. The molecule has 0 aromatic heterocycles. The lowest BCUT2D eigenvalue weighted by molar-refractivity contribution is -0.185. The van der Waals surface area contributed by atoms with E-state index in [1.165, 1.54) is 50.5 Å². The number of ketones is 1. The van der Waals surface area contributed by atoms with E-state index >= 15 is 0 Å². The summed E-state index contributed by atoms with van der Waals surface area (Å²) in [5.41, 5.74) is 1.51. The third-order valence-corrected chi connectivity index (χ3v) is 11.9. The van der Waals surface area contributed by atoms with Gasteiger partial charge >= 0.3 is 5.97 Å². The summed E-state index contributed by atoms with van der Waals surface area (Å²) in [6, 6.07) is 0. The van der Waals surface area contributed by atoms with Gasteiger partial charge in [0.15, 0.2) is 5.78 Å². The Morgan fingerprint density at radius 1 is 0.906 bits per heavy atom. The van der Waals surface area contributed by atoms with Crippen LogP contribution >= 0.6 is 0 Å². The minimum absolute atomic E-state index is 0.125. The van der Waals surface area contributed by atoms with Gasteiger partial charge < -0.3 is 4.74 Å². The first kappa shape index (κ1) is 20.3. The van der Waals surface area contributed by atoms with E-state index in [0.717, 1.165) is 74.5 Å². The fourth-order valence-corrected chi connectivity index (χ4v) is 10.9. The van der Waals surface area contributed by atoms with Crippen LogP contribution in [-0.4, -0.2) is 17.9 Å². The molecule has 0 amide bonds. The fraction of sp³-hybridized carbons (Fsp3) is 0.862. The second-order valence-corrected chi connectivity index (χ2v) is 13.5. The Bertz CT molecular complexity index is 834. The van der Waals surface area contributed by atoms with Gasteiger partial charge in [0.1, 0.15) is 6.10 Å². The average molecular weight is 437 g/mol. The van der Waals surface area contributed by atoms with Crippen LogP contribution < -0.4 is 0 Å². The molecule has 32 heavy (non-hydrogen) atoms. The molecule has 0 radical (unpaired) electrons. The summed E-state index contributed by atoms with van der Waals surface area (Å²) in [6.07, 6.45) is 18.6. The minimum Gasteiger partial charge on any atom is -0.461 e. The molecule has 6 atom stereocenters. The molecule has 7 fully saturated rings. The van der Waals surface area contributed by atoms with E-state index in [1.54, 1.807) is 0 Å². The van der Waals surface area contributed by atoms with Crippen molar-refractivity contribution in [3.8, 4) is 0 Å². The van der Waals surface area contributed by atoms with Crippen molar-refractivity contribution in [2.24, 2.45) is 52.3 Å². The SMILES string of the molecule is C[C@]12CCC3C4CCC(=O)C=C4CCC3C1CCC2OC(=O)C12CC3CC(CC(C3)C1)C2. The molecule has 174 valence electrons. The third kappa shape index (κ3) is 2.84. The smallest absolute Gasteiger partial charge is 0.312 e. The highest BCUT2D eigenvalue weighted by Crippen LogP contribution is 2.64. The Balaban J connectivity index is 1.09. The van der Waals surface area contributed by atoms with Crippen molar-refractivity contribution < 1.29 is 14.3 Å². The maximum Gasteiger partial charge on any atom is 0.312 e. The number of fused-ring (bicyclic) bond motifs is 5. The van der Waals surface area contributed by atoms with Crippen molar-refractivity contribution in [1.82, 2.24) is 0 Å². The molecule has 5 unspecified atom stereocenters. The van der Waals surface area contributed by atoms with E-state index in [-0.39, 0.29) is 22.9 Å². The lowest BCUT2D eigenvalue weighted by Gasteiger charge is -2.56. The van der Waals surface area contributed by atoms with Crippen molar-refractivity contribution in [3.05, 3.63) is 11.6 Å². The number of carbonyl (C=O) groups excluding carboxylic acids is 2. The van der Waals surface area contributed by atoms with Crippen LogP contribution in [0.5, 0.6) is 0 Å². The molecule has 8 aliphatic rings. The molecule has 0 aromatic rings. The number of hydrogen-bond donors (Lipinski definition) is 0. The van der Waals surface area contributed by atoms with Crippen LogP contribution in [0.3, 0.4) is 0 Å². The first-order chi connectivity index (χ1) is 15.4. The molecule has 8 aliphatic carbocycles. The van der Waals surface area contributed by atoms with Crippen molar-refractivity contribution in [2.45, 2.75) is 103 Å². The second kappa shape index (κ2) is 6.95. The maximum absolute atomic E-state index is 13.7. The summed E-state index contributed by atoms with van der Waals surface area (Å²) in [5.74, 6) is 5.83. The van der Waals surface area contributed by atoms with E-state index in [9.17, 15) is 9.59 Å². The second-order valence-electron chi connectivity index (χ2n) is 13.5. The highest BCUT2D eigenvalue weighted by Gasteiger charge is 2.60. The molecule has 8 rings (SSSR count). The topological polar surface area (TPSA) is 43.4 Å². The Labute approximate surface area is 193 Å². The van der Waals surface area contributed by atoms with E-state index in [0.29, 0.717) is 17.6 Å². The van der Waals surface area contributed by atoms with Gasteiger partial charge in [0.25, 0.3) is 0 Å². The van der Waals surface area contributed by atoms with Gasteiger partial charge in [-0.2, -0.15) is 0 Å². The van der Waals surface area contributed by atoms with Crippen LogP contribution in [0.4, 0.5) is 0 Å². The van der Waals surface area contributed by atoms with Crippen LogP contribution in [0.15, 0.2) is 11.6 Å². The van der Waals surface area contributed by atoms with Gasteiger partial charge in [0.05, 0.1) is 5.41 Å². The third-order valence-electron chi connectivity index (χ3n) is 11.9. The number of esters is 1. The lowest BCUT2D eigenvalue weighted by Crippen LogP contribution is -2.53. The Morgan fingerprint density at radius 2 is 1.62 bits per heavy atom. The highest BCUT2D eigenvalue weighted by molar-refractivity contribution is 5.91. The number of hydrogen-bond acceptors (Lipinski definition) is 3. The summed E-state index contributed by atoms with van der Waals surface area (Å²) in [6.45, 7) is 2.47. The normalized spacial score (nSPS) is 53.3. The number of rotatable bonds is 2. The quantitative estimate of drug-likeness (QED) is 0.480. The summed E-state index contributed by atoms with van der Waals surface area (Å²) in [4.78, 5) is 25.7. The summed E-state index contributed by atoms with van der Waals surface area (Å²) >= 11 is 0. The summed E-state index contributed by atoms with van der Waals surface area (Å²) in [7, 11) is 0. The zero-order chi connectivity index (χ0) is 21.7. The van der Waals surface area contributed by atoms with Gasteiger partial charge in [0, 0.05) is 11.8 Å². The van der Waals surface area contributed by atoms with Gasteiger partial charge in [-0.05, 0) is 131 Å². The van der Waals surface area contributed by atoms with Gasteiger partial charge in [-0.25, -0.2) is 0 Å². The van der Waals surface area contributed by atoms with Crippen molar-refractivity contribution in [1.29, 1.82) is 0 Å². The van der Waals surface area contributed by atoms with Crippen LogP contribution in [-0.2, 0) is 14.3 Å². The Kier molecular flexibility index (Phi) is 4.40. The molecule has 0 spiro atoms. The van der Waals surface area contributed by atoms with Gasteiger partial charge in [0.2, 0.25) is 0 Å². The number of ether oxygens (including phenoxy) is 1. The zero-order valence-corrected chi connectivity index (χ0v) is 19.8. The fourth-order valence-electron chi connectivity index (χ4n) is 10.9. The molecule has 7 saturated carbocycles. The van der Waals surface area contributed by atoms with Crippen molar-refractivity contribution >= 4 is 11.8 Å². The first-order valence-electron chi connectivity index (χ1n) is 13.9. The van der Waals surface area contributed by atoms with Crippen molar-refractivity contribution in [2.75, 3.05) is 0 Å². The van der Waals surface area contributed by atoms with Crippen LogP contribution in [0.2, 0.25) is 0 Å². The standard InChI is InChI=1S/C29H40O3/c1-28-9-8-23-22-5-3-21(30)13-20(22)2-4-24(23)25(28)6-7-26(28)32-27(31)29-14-17-10-18(15-29)12-19(11-17)16-29/h13,17-19,22-26H,2-12,14-16H2,1H3/t17?,18?,19?,22?,23?,24?,25?,26?,28-,29?/m0/s1. The summed E-state index contributed by atoms with van der Waals surface area (Å²) < 4.78 is 6.57. The van der Waals surface area contributed by atoms with E-state index in [4.69, 9.17) is 4.74 Å². The van der Waals surface area contributed by atoms with Gasteiger partial charge in [-0.3, -0.25) is 9.59 Å². The highest BCUT2D eigenvalue weighted by atomic mass is 16.5. The molecule has 0 aliphatic heterocycles. The average Bonchev–Trinajstić information content (AvgIpc) is 3.08. The first-order valence-corrected chi connectivity index (χ1v) is 13.9. The van der Waals surface area contributed by atoms with Gasteiger partial charge in [-0.1, -0.05) is 12.5 Å².